The standard InChI is InChI=1S/C51H30N4OS/c1-2-14-31(15-3-1)49-52-50(39-22-13-26-45-47(39)38-19-6-10-25-44(38)56-45)54-51(53-49)40-30-32(33-20-12-21-37-36-18-7-11-27-46(36)57-48(33)37)28-29-43(40)55-41-23-8-4-16-34(41)35-17-5-9-24-42(35)55/h1-30H/i4D,5D,16D,17D,23D,24D. The van der Waals surface area contributed by atoms with Gasteiger partial charge in [0.05, 0.1) is 24.9 Å². The fourth-order valence-electron chi connectivity index (χ4n) is 8.10. The fraction of sp³-hybridized carbons (Fsp3) is 0. The molecule has 0 radical (unpaired) electrons. The largest absolute Gasteiger partial charge is 0.456 e. The maximum atomic E-state index is 9.29. The van der Waals surface area contributed by atoms with Crippen molar-refractivity contribution in [3.8, 4) is 51.0 Å². The molecule has 0 aliphatic carbocycles. The van der Waals surface area contributed by atoms with Crippen LogP contribution in [0, 0.1) is 0 Å². The van der Waals surface area contributed by atoms with Crippen molar-refractivity contribution in [3.05, 3.63) is 182 Å². The molecule has 0 saturated heterocycles. The van der Waals surface area contributed by atoms with E-state index in [2.05, 4.69) is 30.3 Å². The minimum absolute atomic E-state index is 0.0579. The molecule has 12 aromatic rings. The number of rotatable bonds is 5. The van der Waals surface area contributed by atoms with Crippen LogP contribution in [0.5, 0.6) is 0 Å². The van der Waals surface area contributed by atoms with E-state index in [1.807, 2.05) is 103 Å². The Hall–Kier alpha value is -7.41. The fourth-order valence-corrected chi connectivity index (χ4v) is 9.34. The highest BCUT2D eigenvalue weighted by Gasteiger charge is 2.22. The molecule has 0 aliphatic rings. The van der Waals surface area contributed by atoms with Gasteiger partial charge >= 0.3 is 0 Å². The molecule has 0 N–H and O–H groups in total. The molecule has 5 nitrogen and oxygen atoms in total. The minimum atomic E-state index is -0.188. The highest BCUT2D eigenvalue weighted by molar-refractivity contribution is 7.26. The average molecular weight is 753 g/mol. The first-order valence-corrected chi connectivity index (χ1v) is 19.3. The van der Waals surface area contributed by atoms with E-state index < -0.39 is 0 Å². The lowest BCUT2D eigenvalue weighted by Crippen LogP contribution is -2.04. The summed E-state index contributed by atoms with van der Waals surface area (Å²) in [5.41, 5.74) is 6.32. The van der Waals surface area contributed by atoms with Crippen LogP contribution in [0.3, 0.4) is 0 Å². The molecule has 0 saturated carbocycles. The van der Waals surface area contributed by atoms with Crippen LogP contribution in [-0.4, -0.2) is 19.5 Å². The molecule has 266 valence electrons. The number of para-hydroxylation sites is 3. The molecule has 0 unspecified atom stereocenters. The van der Waals surface area contributed by atoms with Gasteiger partial charge in [-0.25, -0.2) is 15.0 Å². The first kappa shape index (κ1) is 26.4. The van der Waals surface area contributed by atoms with Crippen LogP contribution in [-0.2, 0) is 0 Å². The Morgan fingerprint density at radius 1 is 0.474 bits per heavy atom. The van der Waals surface area contributed by atoms with Crippen molar-refractivity contribution in [1.82, 2.24) is 19.5 Å². The van der Waals surface area contributed by atoms with Gasteiger partial charge in [-0.1, -0.05) is 139 Å². The first-order valence-electron chi connectivity index (χ1n) is 21.5. The first-order chi connectivity index (χ1) is 30.7. The van der Waals surface area contributed by atoms with Gasteiger partial charge < -0.3 is 8.98 Å². The molecule has 0 atom stereocenters. The SMILES string of the molecule is [2H]c1cc([2H])c2c(c1[2H])c1c([2H])c([2H])cc([2H])c1n2-c1ccc(-c2cccc3c2sc2ccccc23)cc1-c1nc(-c2ccccc2)nc(-c2cccc3oc4ccccc4c23)n1. The van der Waals surface area contributed by atoms with Crippen molar-refractivity contribution in [1.29, 1.82) is 0 Å². The third-order valence-electron chi connectivity index (χ3n) is 10.6. The molecule has 57 heavy (non-hydrogen) atoms. The Balaban J connectivity index is 1.23. The molecule has 0 spiro atoms. The summed E-state index contributed by atoms with van der Waals surface area (Å²) in [4.78, 5) is 15.6. The van der Waals surface area contributed by atoms with Gasteiger partial charge in [-0.15, -0.1) is 11.3 Å². The molecule has 8 aromatic carbocycles. The summed E-state index contributed by atoms with van der Waals surface area (Å²) < 4.78 is 64.3. The van der Waals surface area contributed by atoms with E-state index in [4.69, 9.17) is 24.9 Å². The van der Waals surface area contributed by atoms with Crippen molar-refractivity contribution in [2.75, 3.05) is 0 Å². The summed E-state index contributed by atoms with van der Waals surface area (Å²) in [5.74, 6) is 1.14. The van der Waals surface area contributed by atoms with Gasteiger partial charge in [0, 0.05) is 58.4 Å². The van der Waals surface area contributed by atoms with Gasteiger partial charge in [0.2, 0.25) is 0 Å². The molecule has 12 rings (SSSR count). The number of hydrogen-bond acceptors (Lipinski definition) is 5. The van der Waals surface area contributed by atoms with Crippen molar-refractivity contribution in [2.24, 2.45) is 0 Å². The van der Waals surface area contributed by atoms with Gasteiger partial charge in [0.1, 0.15) is 11.2 Å². The maximum absolute atomic E-state index is 9.29. The van der Waals surface area contributed by atoms with E-state index in [0.29, 0.717) is 34.3 Å². The summed E-state index contributed by atoms with van der Waals surface area (Å²) in [5, 5.41) is 4.42. The molecule has 6 heteroatoms. The third kappa shape index (κ3) is 4.98. The molecular weight excluding hydrogens is 717 g/mol. The number of furan rings is 1. The predicted octanol–water partition coefficient (Wildman–Crippen LogP) is 13.9. The van der Waals surface area contributed by atoms with Crippen LogP contribution in [0.2, 0.25) is 0 Å². The summed E-state index contributed by atoms with van der Waals surface area (Å²) >= 11 is 1.72. The Kier molecular flexibility index (Phi) is 5.82. The number of hydrogen-bond donors (Lipinski definition) is 0. The second-order valence-electron chi connectivity index (χ2n) is 13.9. The topological polar surface area (TPSA) is 56.7 Å². The van der Waals surface area contributed by atoms with Gasteiger partial charge in [-0.05, 0) is 53.5 Å². The smallest absolute Gasteiger partial charge is 0.166 e. The van der Waals surface area contributed by atoms with Crippen LogP contribution in [0.1, 0.15) is 8.22 Å². The molecular formula is C51H30N4OS. The van der Waals surface area contributed by atoms with E-state index in [0.717, 1.165) is 48.7 Å². The van der Waals surface area contributed by atoms with Gasteiger partial charge in [0.15, 0.2) is 17.5 Å². The van der Waals surface area contributed by atoms with E-state index >= 15 is 0 Å². The molecule has 0 aliphatic heterocycles. The van der Waals surface area contributed by atoms with Crippen LogP contribution in [0.25, 0.3) is 115 Å². The van der Waals surface area contributed by atoms with E-state index in [1.54, 1.807) is 15.9 Å². The Labute approximate surface area is 339 Å². The number of fused-ring (bicyclic) bond motifs is 9. The van der Waals surface area contributed by atoms with Gasteiger partial charge in [-0.2, -0.15) is 0 Å². The second-order valence-corrected chi connectivity index (χ2v) is 14.9. The van der Waals surface area contributed by atoms with Gasteiger partial charge in [-0.3, -0.25) is 0 Å². The van der Waals surface area contributed by atoms with E-state index in [9.17, 15) is 2.74 Å². The lowest BCUT2D eigenvalue weighted by Gasteiger charge is -2.16. The number of thiophene rings is 1. The highest BCUT2D eigenvalue weighted by Crippen LogP contribution is 2.43. The zero-order valence-corrected chi connectivity index (χ0v) is 30.8. The number of benzene rings is 8. The Morgan fingerprint density at radius 2 is 1.12 bits per heavy atom. The quantitative estimate of drug-likeness (QED) is 0.176. The number of aromatic nitrogens is 4. The third-order valence-corrected chi connectivity index (χ3v) is 11.9. The van der Waals surface area contributed by atoms with Crippen molar-refractivity contribution < 1.29 is 12.6 Å². The highest BCUT2D eigenvalue weighted by atomic mass is 32.1. The van der Waals surface area contributed by atoms with Crippen molar-refractivity contribution in [3.63, 3.8) is 0 Å². The Bertz CT molecular complexity index is 3830. The summed E-state index contributed by atoms with van der Waals surface area (Å²) in [6.45, 7) is 0. The molecule has 0 fully saturated rings. The average Bonchev–Trinajstić information content (AvgIpc) is 4.01. The van der Waals surface area contributed by atoms with Crippen LogP contribution in [0.15, 0.2) is 186 Å². The van der Waals surface area contributed by atoms with Crippen molar-refractivity contribution in [2.45, 2.75) is 0 Å². The lowest BCUT2D eigenvalue weighted by atomic mass is 9.99. The molecule has 4 heterocycles. The zero-order valence-electron chi connectivity index (χ0n) is 36.0. The maximum Gasteiger partial charge on any atom is 0.166 e. The van der Waals surface area contributed by atoms with Gasteiger partial charge in [0.25, 0.3) is 0 Å². The van der Waals surface area contributed by atoms with Crippen molar-refractivity contribution >= 4 is 75.3 Å². The molecule has 0 amide bonds. The van der Waals surface area contributed by atoms with E-state index in [-0.39, 0.29) is 58.1 Å². The summed E-state index contributed by atoms with van der Waals surface area (Å²) in [6, 6.07) is 45.8. The van der Waals surface area contributed by atoms with Crippen LogP contribution in [0.4, 0.5) is 0 Å². The predicted molar refractivity (Wildman–Crippen MR) is 236 cm³/mol. The zero-order chi connectivity index (χ0) is 42.7. The Morgan fingerprint density at radius 3 is 1.95 bits per heavy atom. The molecule has 4 aromatic heterocycles. The summed E-state index contributed by atoms with van der Waals surface area (Å²) in [7, 11) is 0. The summed E-state index contributed by atoms with van der Waals surface area (Å²) in [6.07, 6.45) is 0. The molecule has 0 bridgehead atoms. The monoisotopic (exact) mass is 752 g/mol. The lowest BCUT2D eigenvalue weighted by molar-refractivity contribution is 0.669. The number of nitrogens with zero attached hydrogens (tertiary/aromatic N) is 4. The normalized spacial score (nSPS) is 13.3. The van der Waals surface area contributed by atoms with Crippen LogP contribution < -0.4 is 0 Å². The van der Waals surface area contributed by atoms with Crippen LogP contribution >= 0.6 is 11.3 Å². The van der Waals surface area contributed by atoms with E-state index in [1.165, 1.54) is 22.2 Å². The second kappa shape index (κ2) is 12.6. The minimum Gasteiger partial charge on any atom is -0.456 e.